The Kier molecular flexibility index (Phi) is 5.31. The van der Waals surface area contributed by atoms with Crippen LogP contribution in [-0.4, -0.2) is 12.8 Å². The van der Waals surface area contributed by atoms with E-state index >= 15 is 0 Å². The summed E-state index contributed by atoms with van der Waals surface area (Å²) < 4.78 is 5.39. The van der Waals surface area contributed by atoms with E-state index in [1.807, 2.05) is 31.2 Å². The molecule has 4 nitrogen and oxygen atoms in total. The number of rotatable bonds is 4. The van der Waals surface area contributed by atoms with E-state index in [9.17, 15) is 4.79 Å². The van der Waals surface area contributed by atoms with E-state index in [0.717, 1.165) is 5.56 Å². The Hall–Kier alpha value is -1.91. The molecule has 2 aromatic carbocycles. The number of halogens is 2. The predicted molar refractivity (Wildman–Crippen MR) is 85.3 cm³/mol. The summed E-state index contributed by atoms with van der Waals surface area (Å²) >= 11 is 11.8. The standard InChI is InChI=1S/C15H14Cl2N2O2/c1-10-2-5-12(6-3-10)21-9-18-15(20)19-14-8-11(16)4-7-13(14)17/h2-8H,9H2,1H3,(H2,18,19,20). The molecule has 0 aliphatic heterocycles. The summed E-state index contributed by atoms with van der Waals surface area (Å²) in [5.74, 6) is 0.682. The molecular formula is C15H14Cl2N2O2. The molecule has 0 unspecified atom stereocenters. The lowest BCUT2D eigenvalue weighted by molar-refractivity contribution is 0.234. The SMILES string of the molecule is Cc1ccc(OCNC(=O)Nc2cc(Cl)ccc2Cl)cc1. The molecule has 21 heavy (non-hydrogen) atoms. The Bertz CT molecular complexity index is 630. The maximum Gasteiger partial charge on any atom is 0.321 e. The topological polar surface area (TPSA) is 50.4 Å². The van der Waals surface area contributed by atoms with Gasteiger partial charge in [-0.2, -0.15) is 0 Å². The Morgan fingerprint density at radius 2 is 1.86 bits per heavy atom. The van der Waals surface area contributed by atoms with Gasteiger partial charge in [-0.05, 0) is 37.3 Å². The zero-order valence-corrected chi connectivity index (χ0v) is 12.8. The van der Waals surface area contributed by atoms with Crippen molar-refractivity contribution in [3.8, 4) is 5.75 Å². The van der Waals surface area contributed by atoms with Gasteiger partial charge in [-0.3, -0.25) is 0 Å². The number of ether oxygens (including phenoxy) is 1. The number of anilines is 1. The smallest absolute Gasteiger partial charge is 0.321 e. The van der Waals surface area contributed by atoms with E-state index in [-0.39, 0.29) is 6.73 Å². The molecule has 2 rings (SSSR count). The maximum atomic E-state index is 11.7. The molecule has 2 aromatic rings. The van der Waals surface area contributed by atoms with Gasteiger partial charge in [-0.1, -0.05) is 40.9 Å². The summed E-state index contributed by atoms with van der Waals surface area (Å²) in [6.45, 7) is 2.04. The Balaban J connectivity index is 1.82. The number of carbonyl (C=O) groups excluding carboxylic acids is 1. The summed E-state index contributed by atoms with van der Waals surface area (Å²) in [7, 11) is 0. The summed E-state index contributed by atoms with van der Waals surface area (Å²) in [5.41, 5.74) is 1.58. The van der Waals surface area contributed by atoms with Crippen LogP contribution in [0.3, 0.4) is 0 Å². The minimum absolute atomic E-state index is 0.0487. The Labute approximate surface area is 133 Å². The highest BCUT2D eigenvalue weighted by Gasteiger charge is 2.06. The lowest BCUT2D eigenvalue weighted by Gasteiger charge is -2.10. The molecule has 0 aliphatic carbocycles. The fourth-order valence-corrected chi connectivity index (χ4v) is 1.92. The summed E-state index contributed by atoms with van der Waals surface area (Å²) in [6, 6.07) is 11.9. The van der Waals surface area contributed by atoms with E-state index in [2.05, 4.69) is 10.6 Å². The molecular weight excluding hydrogens is 311 g/mol. The molecule has 0 atom stereocenters. The molecule has 0 spiro atoms. The van der Waals surface area contributed by atoms with Gasteiger partial charge in [0.05, 0.1) is 10.7 Å². The lowest BCUT2D eigenvalue weighted by Crippen LogP contribution is -2.32. The van der Waals surface area contributed by atoms with Gasteiger partial charge in [0.1, 0.15) is 5.75 Å². The monoisotopic (exact) mass is 324 g/mol. The second-order valence-electron chi connectivity index (χ2n) is 4.36. The van der Waals surface area contributed by atoms with Crippen LogP contribution in [-0.2, 0) is 0 Å². The van der Waals surface area contributed by atoms with Gasteiger partial charge in [0.25, 0.3) is 0 Å². The minimum Gasteiger partial charge on any atom is -0.473 e. The summed E-state index contributed by atoms with van der Waals surface area (Å²) in [6.07, 6.45) is 0. The van der Waals surface area contributed by atoms with E-state index in [1.165, 1.54) is 0 Å². The third kappa shape index (κ3) is 4.85. The molecule has 0 saturated carbocycles. The van der Waals surface area contributed by atoms with Gasteiger partial charge in [0, 0.05) is 5.02 Å². The quantitative estimate of drug-likeness (QED) is 0.816. The number of carbonyl (C=O) groups is 1. The second-order valence-corrected chi connectivity index (χ2v) is 5.20. The molecule has 0 saturated heterocycles. The van der Waals surface area contributed by atoms with Crippen LogP contribution < -0.4 is 15.4 Å². The Morgan fingerprint density at radius 1 is 1.14 bits per heavy atom. The van der Waals surface area contributed by atoms with Crippen molar-refractivity contribution < 1.29 is 9.53 Å². The van der Waals surface area contributed by atoms with Gasteiger partial charge in [0.2, 0.25) is 0 Å². The first-order valence-electron chi connectivity index (χ1n) is 6.24. The molecule has 0 fully saturated rings. The highest BCUT2D eigenvalue weighted by atomic mass is 35.5. The first-order chi connectivity index (χ1) is 10.0. The van der Waals surface area contributed by atoms with Crippen LogP contribution in [0.5, 0.6) is 5.75 Å². The molecule has 2 N–H and O–H groups in total. The van der Waals surface area contributed by atoms with Crippen LogP contribution in [0.15, 0.2) is 42.5 Å². The average molecular weight is 325 g/mol. The first kappa shape index (κ1) is 15.5. The first-order valence-corrected chi connectivity index (χ1v) is 6.99. The number of amides is 2. The fraction of sp³-hybridized carbons (Fsp3) is 0.133. The van der Waals surface area contributed by atoms with Crippen molar-refractivity contribution in [1.82, 2.24) is 5.32 Å². The van der Waals surface area contributed by atoms with Crippen LogP contribution in [0, 0.1) is 6.92 Å². The highest BCUT2D eigenvalue weighted by Crippen LogP contribution is 2.25. The molecule has 0 radical (unpaired) electrons. The molecule has 0 bridgehead atoms. The van der Waals surface area contributed by atoms with Gasteiger partial charge in [0.15, 0.2) is 6.73 Å². The third-order valence-corrected chi connectivity index (χ3v) is 3.23. The summed E-state index contributed by atoms with van der Waals surface area (Å²) in [4.78, 5) is 11.7. The average Bonchev–Trinajstić information content (AvgIpc) is 2.45. The molecule has 110 valence electrons. The van der Waals surface area contributed by atoms with Crippen molar-refractivity contribution in [2.45, 2.75) is 6.92 Å². The second kappa shape index (κ2) is 7.20. The van der Waals surface area contributed by atoms with Gasteiger partial charge in [-0.15, -0.1) is 0 Å². The zero-order chi connectivity index (χ0) is 15.2. The van der Waals surface area contributed by atoms with Crippen molar-refractivity contribution in [3.63, 3.8) is 0 Å². The van der Waals surface area contributed by atoms with Gasteiger partial charge >= 0.3 is 6.03 Å². The van der Waals surface area contributed by atoms with Crippen LogP contribution >= 0.6 is 23.2 Å². The number of hydrogen-bond donors (Lipinski definition) is 2. The lowest BCUT2D eigenvalue weighted by atomic mass is 10.2. The third-order valence-electron chi connectivity index (χ3n) is 2.67. The number of nitrogens with one attached hydrogen (secondary N) is 2. The number of urea groups is 1. The number of hydrogen-bond acceptors (Lipinski definition) is 2. The molecule has 0 aromatic heterocycles. The van der Waals surface area contributed by atoms with Crippen molar-refractivity contribution >= 4 is 34.9 Å². The molecule has 2 amide bonds. The fourth-order valence-electron chi connectivity index (χ4n) is 1.58. The Morgan fingerprint density at radius 3 is 2.57 bits per heavy atom. The number of aryl methyl sites for hydroxylation is 1. The van der Waals surface area contributed by atoms with Crippen molar-refractivity contribution in [1.29, 1.82) is 0 Å². The van der Waals surface area contributed by atoms with Crippen molar-refractivity contribution in [3.05, 3.63) is 58.1 Å². The van der Waals surface area contributed by atoms with E-state index in [1.54, 1.807) is 18.2 Å². The van der Waals surface area contributed by atoms with Gasteiger partial charge < -0.3 is 15.4 Å². The van der Waals surface area contributed by atoms with E-state index in [4.69, 9.17) is 27.9 Å². The summed E-state index contributed by atoms with van der Waals surface area (Å²) in [5, 5.41) is 6.07. The maximum absolute atomic E-state index is 11.7. The normalized spacial score (nSPS) is 10.0. The molecule has 0 heterocycles. The molecule has 0 aliphatic rings. The van der Waals surface area contributed by atoms with Crippen molar-refractivity contribution in [2.24, 2.45) is 0 Å². The van der Waals surface area contributed by atoms with Crippen LogP contribution in [0.2, 0.25) is 10.0 Å². The largest absolute Gasteiger partial charge is 0.473 e. The number of benzene rings is 2. The highest BCUT2D eigenvalue weighted by molar-refractivity contribution is 6.35. The van der Waals surface area contributed by atoms with Gasteiger partial charge in [-0.25, -0.2) is 4.79 Å². The predicted octanol–water partition coefficient (Wildman–Crippen LogP) is 4.46. The molecule has 6 heteroatoms. The van der Waals surface area contributed by atoms with E-state index < -0.39 is 6.03 Å². The van der Waals surface area contributed by atoms with E-state index in [0.29, 0.717) is 21.5 Å². The van der Waals surface area contributed by atoms with Crippen molar-refractivity contribution in [2.75, 3.05) is 12.0 Å². The van der Waals surface area contributed by atoms with Crippen LogP contribution in [0.4, 0.5) is 10.5 Å². The van der Waals surface area contributed by atoms with Crippen LogP contribution in [0.1, 0.15) is 5.56 Å². The minimum atomic E-state index is -0.425. The zero-order valence-electron chi connectivity index (χ0n) is 11.3. The van der Waals surface area contributed by atoms with Crippen LogP contribution in [0.25, 0.3) is 0 Å².